The highest BCUT2D eigenvalue weighted by atomic mass is 32.2. The summed E-state index contributed by atoms with van der Waals surface area (Å²) in [6, 6.07) is 1.97. The standard InChI is InChI=1S/C15H22N4O2S/c1-5-19-11(2)8-13(12(19)3)14(20)9-22-15-17-16-10-18(15)6-7-21-4/h8,10H,5-7,9H2,1-4H3. The Morgan fingerprint density at radius 3 is 2.82 bits per heavy atom. The van der Waals surface area contributed by atoms with Crippen LogP contribution in [0.5, 0.6) is 0 Å². The van der Waals surface area contributed by atoms with Crippen LogP contribution in [0.4, 0.5) is 0 Å². The van der Waals surface area contributed by atoms with Crippen LogP contribution >= 0.6 is 11.8 Å². The molecule has 0 spiro atoms. The van der Waals surface area contributed by atoms with Crippen LogP contribution in [0, 0.1) is 13.8 Å². The number of aryl methyl sites for hydroxylation is 1. The Bertz CT molecular complexity index is 648. The molecular formula is C15H22N4O2S. The lowest BCUT2D eigenvalue weighted by molar-refractivity contribution is 0.102. The SMILES string of the molecule is CCn1c(C)cc(C(=O)CSc2nncn2CCOC)c1C. The monoisotopic (exact) mass is 322 g/mol. The number of methoxy groups -OCH3 is 1. The van der Waals surface area contributed by atoms with Crippen LogP contribution in [0.25, 0.3) is 0 Å². The van der Waals surface area contributed by atoms with Gasteiger partial charge in [-0.15, -0.1) is 10.2 Å². The summed E-state index contributed by atoms with van der Waals surface area (Å²) in [5.41, 5.74) is 2.96. The Balaban J connectivity index is 2.03. The number of carbonyl (C=O) groups is 1. The van der Waals surface area contributed by atoms with Gasteiger partial charge in [0.05, 0.1) is 12.4 Å². The third-order valence-corrected chi connectivity index (χ3v) is 4.62. The molecule has 0 unspecified atom stereocenters. The minimum atomic E-state index is 0.124. The predicted octanol–water partition coefficient (Wildman–Crippen LogP) is 2.34. The number of aromatic nitrogens is 4. The zero-order chi connectivity index (χ0) is 16.1. The van der Waals surface area contributed by atoms with Crippen LogP contribution in [0.15, 0.2) is 17.6 Å². The van der Waals surface area contributed by atoms with Gasteiger partial charge in [-0.25, -0.2) is 0 Å². The molecule has 0 saturated carbocycles. The Labute approximate surface area is 134 Å². The van der Waals surface area contributed by atoms with E-state index >= 15 is 0 Å². The minimum Gasteiger partial charge on any atom is -0.383 e. The van der Waals surface area contributed by atoms with Crippen molar-refractivity contribution >= 4 is 17.5 Å². The van der Waals surface area contributed by atoms with E-state index in [1.54, 1.807) is 13.4 Å². The molecule has 0 aliphatic carbocycles. The molecule has 120 valence electrons. The van der Waals surface area contributed by atoms with Crippen molar-refractivity contribution in [2.45, 2.75) is 39.0 Å². The Morgan fingerprint density at radius 2 is 2.18 bits per heavy atom. The second-order valence-electron chi connectivity index (χ2n) is 5.04. The number of Topliss-reactive ketones (excluding diaryl/α,β-unsaturated/α-hetero) is 1. The molecule has 0 radical (unpaired) electrons. The number of thioether (sulfide) groups is 1. The van der Waals surface area contributed by atoms with Gasteiger partial charge in [-0.3, -0.25) is 4.79 Å². The van der Waals surface area contributed by atoms with Crippen LogP contribution in [0.1, 0.15) is 28.7 Å². The van der Waals surface area contributed by atoms with E-state index in [1.165, 1.54) is 11.8 Å². The number of carbonyl (C=O) groups excluding carboxylic acids is 1. The van der Waals surface area contributed by atoms with Crippen LogP contribution in [-0.4, -0.2) is 44.6 Å². The van der Waals surface area contributed by atoms with E-state index < -0.39 is 0 Å². The lowest BCUT2D eigenvalue weighted by Crippen LogP contribution is -2.08. The van der Waals surface area contributed by atoms with Gasteiger partial charge in [0, 0.05) is 37.2 Å². The molecule has 7 heteroatoms. The molecule has 0 amide bonds. The first-order chi connectivity index (χ1) is 10.6. The predicted molar refractivity (Wildman–Crippen MR) is 86.5 cm³/mol. The van der Waals surface area contributed by atoms with Crippen LogP contribution in [0.3, 0.4) is 0 Å². The fourth-order valence-corrected chi connectivity index (χ4v) is 3.30. The van der Waals surface area contributed by atoms with Crippen molar-refractivity contribution in [2.24, 2.45) is 0 Å². The Hall–Kier alpha value is -1.60. The van der Waals surface area contributed by atoms with Gasteiger partial charge in [0.25, 0.3) is 0 Å². The molecule has 0 saturated heterocycles. The van der Waals surface area contributed by atoms with Gasteiger partial charge in [0.2, 0.25) is 0 Å². The zero-order valence-corrected chi connectivity index (χ0v) is 14.3. The van der Waals surface area contributed by atoms with Crippen molar-refractivity contribution in [2.75, 3.05) is 19.5 Å². The van der Waals surface area contributed by atoms with Gasteiger partial charge in [-0.1, -0.05) is 11.8 Å². The van der Waals surface area contributed by atoms with Gasteiger partial charge < -0.3 is 13.9 Å². The number of rotatable bonds is 8. The molecule has 2 heterocycles. The van der Waals surface area contributed by atoms with Crippen molar-refractivity contribution in [3.63, 3.8) is 0 Å². The van der Waals surface area contributed by atoms with Gasteiger partial charge in [0.1, 0.15) is 6.33 Å². The smallest absolute Gasteiger partial charge is 0.191 e. The van der Waals surface area contributed by atoms with E-state index in [9.17, 15) is 4.79 Å². The Kier molecular flexibility index (Phi) is 5.79. The van der Waals surface area contributed by atoms with Crippen molar-refractivity contribution in [3.8, 4) is 0 Å². The molecule has 0 atom stereocenters. The maximum absolute atomic E-state index is 12.5. The Morgan fingerprint density at radius 1 is 1.41 bits per heavy atom. The molecule has 2 aromatic heterocycles. The second-order valence-corrected chi connectivity index (χ2v) is 5.98. The quantitative estimate of drug-likeness (QED) is 0.551. The molecule has 0 bridgehead atoms. The van der Waals surface area contributed by atoms with E-state index in [4.69, 9.17) is 4.74 Å². The van der Waals surface area contributed by atoms with Crippen molar-refractivity contribution in [1.29, 1.82) is 0 Å². The largest absolute Gasteiger partial charge is 0.383 e. The highest BCUT2D eigenvalue weighted by Gasteiger charge is 2.16. The van der Waals surface area contributed by atoms with Crippen molar-refractivity contribution in [1.82, 2.24) is 19.3 Å². The molecule has 0 N–H and O–H groups in total. The minimum absolute atomic E-state index is 0.124. The average molecular weight is 322 g/mol. The maximum Gasteiger partial charge on any atom is 0.191 e. The number of hydrogen-bond donors (Lipinski definition) is 0. The van der Waals surface area contributed by atoms with Crippen molar-refractivity contribution < 1.29 is 9.53 Å². The lowest BCUT2D eigenvalue weighted by Gasteiger charge is -2.06. The summed E-state index contributed by atoms with van der Waals surface area (Å²) in [6.45, 7) is 8.27. The first-order valence-electron chi connectivity index (χ1n) is 7.28. The summed E-state index contributed by atoms with van der Waals surface area (Å²) in [5, 5.41) is 8.70. The second kappa shape index (κ2) is 7.60. The molecule has 2 aromatic rings. The molecule has 22 heavy (non-hydrogen) atoms. The van der Waals surface area contributed by atoms with E-state index in [2.05, 4.69) is 21.7 Å². The zero-order valence-electron chi connectivity index (χ0n) is 13.5. The molecule has 0 aliphatic heterocycles. The van der Waals surface area contributed by atoms with E-state index in [-0.39, 0.29) is 5.78 Å². The van der Waals surface area contributed by atoms with Gasteiger partial charge in [-0.05, 0) is 26.8 Å². The van der Waals surface area contributed by atoms with Crippen LogP contribution < -0.4 is 0 Å². The summed E-state index contributed by atoms with van der Waals surface area (Å²) in [5.74, 6) is 0.485. The molecule has 0 fully saturated rings. The highest BCUT2D eigenvalue weighted by molar-refractivity contribution is 7.99. The molecule has 0 aliphatic rings. The van der Waals surface area contributed by atoms with Gasteiger partial charge in [0.15, 0.2) is 10.9 Å². The number of nitrogens with zero attached hydrogens (tertiary/aromatic N) is 4. The summed E-state index contributed by atoms with van der Waals surface area (Å²) in [7, 11) is 1.66. The van der Waals surface area contributed by atoms with Gasteiger partial charge in [-0.2, -0.15) is 0 Å². The first kappa shape index (κ1) is 16.8. The van der Waals surface area contributed by atoms with Crippen LogP contribution in [0.2, 0.25) is 0 Å². The first-order valence-corrected chi connectivity index (χ1v) is 8.26. The molecular weight excluding hydrogens is 300 g/mol. The number of hydrogen-bond acceptors (Lipinski definition) is 5. The summed E-state index contributed by atoms with van der Waals surface area (Å²) < 4.78 is 9.11. The highest BCUT2D eigenvalue weighted by Crippen LogP contribution is 2.20. The summed E-state index contributed by atoms with van der Waals surface area (Å²) in [6.07, 6.45) is 1.66. The van der Waals surface area contributed by atoms with Gasteiger partial charge >= 0.3 is 0 Å². The van der Waals surface area contributed by atoms with E-state index in [0.29, 0.717) is 18.9 Å². The molecule has 6 nitrogen and oxygen atoms in total. The maximum atomic E-state index is 12.5. The normalized spacial score (nSPS) is 11.1. The summed E-state index contributed by atoms with van der Waals surface area (Å²) >= 11 is 1.41. The third kappa shape index (κ3) is 3.59. The fraction of sp³-hybridized carbons (Fsp3) is 0.533. The third-order valence-electron chi connectivity index (χ3n) is 3.64. The fourth-order valence-electron chi connectivity index (χ4n) is 2.48. The van der Waals surface area contributed by atoms with Crippen LogP contribution in [-0.2, 0) is 17.8 Å². The summed E-state index contributed by atoms with van der Waals surface area (Å²) in [4.78, 5) is 12.5. The van der Waals surface area contributed by atoms with E-state index in [0.717, 1.165) is 28.7 Å². The molecule has 2 rings (SSSR count). The lowest BCUT2D eigenvalue weighted by atomic mass is 10.2. The van der Waals surface area contributed by atoms with Crippen molar-refractivity contribution in [3.05, 3.63) is 29.3 Å². The topological polar surface area (TPSA) is 61.9 Å². The average Bonchev–Trinajstić information content (AvgIpc) is 3.06. The van der Waals surface area contributed by atoms with E-state index in [1.807, 2.05) is 24.5 Å². The number of ether oxygens (including phenoxy) is 1. The number of ketones is 1. The molecule has 0 aromatic carbocycles.